The normalized spacial score (nSPS) is 18.1. The molecule has 8 heteroatoms. The standard InChI is InChI=1S/C24H33N3O4S/c1-24(2,3)31-23(28)27-13-11-16(12-14-27)21-25-26-22(32-21)17-9-10-19(29-4)20(15-17)30-18-7-5-6-8-18/h9-10,15-16,18H,5-8,11-14H2,1-4H3. The second kappa shape index (κ2) is 9.65. The first kappa shape index (κ1) is 22.8. The summed E-state index contributed by atoms with van der Waals surface area (Å²) in [6.07, 6.45) is 6.40. The van der Waals surface area contributed by atoms with Crippen LogP contribution in [0, 0.1) is 0 Å². The molecule has 0 unspecified atom stereocenters. The highest BCUT2D eigenvalue weighted by Crippen LogP contribution is 2.38. The monoisotopic (exact) mass is 459 g/mol. The van der Waals surface area contributed by atoms with Gasteiger partial charge in [-0.15, -0.1) is 10.2 Å². The Morgan fingerprint density at radius 2 is 1.78 bits per heavy atom. The molecule has 4 rings (SSSR count). The van der Waals surface area contributed by atoms with Crippen LogP contribution in [0.4, 0.5) is 4.79 Å². The van der Waals surface area contributed by atoms with E-state index in [9.17, 15) is 4.79 Å². The van der Waals surface area contributed by atoms with Crippen LogP contribution in [0.25, 0.3) is 10.6 Å². The van der Waals surface area contributed by atoms with Crippen molar-refractivity contribution in [2.75, 3.05) is 20.2 Å². The van der Waals surface area contributed by atoms with Crippen LogP contribution in [-0.4, -0.2) is 53.1 Å². The number of hydrogen-bond donors (Lipinski definition) is 0. The minimum absolute atomic E-state index is 0.234. The largest absolute Gasteiger partial charge is 0.493 e. The number of methoxy groups -OCH3 is 1. The second-order valence-electron chi connectivity index (χ2n) is 9.58. The Hall–Kier alpha value is -2.35. The van der Waals surface area contributed by atoms with Crippen LogP contribution >= 0.6 is 11.3 Å². The summed E-state index contributed by atoms with van der Waals surface area (Å²) < 4.78 is 17.2. The summed E-state index contributed by atoms with van der Waals surface area (Å²) in [7, 11) is 1.67. The molecule has 1 amide bonds. The molecular formula is C24H33N3O4S. The molecule has 1 aliphatic heterocycles. The minimum atomic E-state index is -0.471. The summed E-state index contributed by atoms with van der Waals surface area (Å²) in [6, 6.07) is 5.97. The van der Waals surface area contributed by atoms with Gasteiger partial charge < -0.3 is 19.1 Å². The molecule has 32 heavy (non-hydrogen) atoms. The first-order valence-corrected chi connectivity index (χ1v) is 12.3. The lowest BCUT2D eigenvalue weighted by atomic mass is 9.98. The fourth-order valence-corrected chi connectivity index (χ4v) is 5.25. The molecule has 1 aromatic carbocycles. The molecule has 0 bridgehead atoms. The number of nitrogens with zero attached hydrogens (tertiary/aromatic N) is 3. The highest BCUT2D eigenvalue weighted by atomic mass is 32.1. The van der Waals surface area contributed by atoms with Crippen molar-refractivity contribution >= 4 is 17.4 Å². The number of hydrogen-bond acceptors (Lipinski definition) is 7. The van der Waals surface area contributed by atoms with E-state index in [4.69, 9.17) is 14.2 Å². The highest BCUT2D eigenvalue weighted by Gasteiger charge is 2.29. The lowest BCUT2D eigenvalue weighted by Crippen LogP contribution is -2.41. The average Bonchev–Trinajstić information content (AvgIpc) is 3.45. The quantitative estimate of drug-likeness (QED) is 0.575. The summed E-state index contributed by atoms with van der Waals surface area (Å²) in [4.78, 5) is 14.1. The molecule has 7 nitrogen and oxygen atoms in total. The Morgan fingerprint density at radius 3 is 2.44 bits per heavy atom. The number of carbonyl (C=O) groups is 1. The summed E-state index contributed by atoms with van der Waals surface area (Å²) in [5.41, 5.74) is 0.523. The van der Waals surface area contributed by atoms with Crippen molar-refractivity contribution in [3.8, 4) is 22.1 Å². The SMILES string of the molecule is COc1ccc(-c2nnc(C3CCN(C(=O)OC(C)(C)C)CC3)s2)cc1OC1CCCC1. The Kier molecular flexibility index (Phi) is 6.88. The van der Waals surface area contributed by atoms with Gasteiger partial charge in [-0.05, 0) is 77.5 Å². The van der Waals surface area contributed by atoms with E-state index in [1.807, 2.05) is 39.0 Å². The Morgan fingerprint density at radius 1 is 1.06 bits per heavy atom. The number of aromatic nitrogens is 2. The van der Waals surface area contributed by atoms with Gasteiger partial charge >= 0.3 is 6.09 Å². The zero-order valence-electron chi connectivity index (χ0n) is 19.4. The Bertz CT molecular complexity index is 926. The molecule has 1 aromatic heterocycles. The minimum Gasteiger partial charge on any atom is -0.493 e. The third-order valence-electron chi connectivity index (χ3n) is 5.94. The van der Waals surface area contributed by atoms with Gasteiger partial charge in [-0.2, -0.15) is 0 Å². The van der Waals surface area contributed by atoms with Gasteiger partial charge in [0.1, 0.15) is 15.6 Å². The summed E-state index contributed by atoms with van der Waals surface area (Å²) in [6.45, 7) is 7.03. The number of rotatable bonds is 5. The number of piperidine rings is 1. The van der Waals surface area contributed by atoms with Crippen molar-refractivity contribution < 1.29 is 19.0 Å². The maximum Gasteiger partial charge on any atom is 0.410 e. The summed E-state index contributed by atoms with van der Waals surface area (Å²) >= 11 is 1.62. The average molecular weight is 460 g/mol. The van der Waals surface area contributed by atoms with Gasteiger partial charge in [0.25, 0.3) is 0 Å². The van der Waals surface area contributed by atoms with Crippen molar-refractivity contribution in [3.05, 3.63) is 23.2 Å². The summed E-state index contributed by atoms with van der Waals surface area (Å²) in [5.74, 6) is 1.84. The van der Waals surface area contributed by atoms with E-state index in [1.165, 1.54) is 12.8 Å². The van der Waals surface area contributed by atoms with Crippen LogP contribution in [-0.2, 0) is 4.74 Å². The predicted molar refractivity (Wildman–Crippen MR) is 125 cm³/mol. The third-order valence-corrected chi connectivity index (χ3v) is 7.08. The van der Waals surface area contributed by atoms with Gasteiger partial charge in [-0.3, -0.25) is 0 Å². The van der Waals surface area contributed by atoms with Gasteiger partial charge in [-0.1, -0.05) is 11.3 Å². The molecule has 2 fully saturated rings. The van der Waals surface area contributed by atoms with E-state index in [0.29, 0.717) is 19.0 Å². The van der Waals surface area contributed by atoms with Crippen molar-refractivity contribution in [2.24, 2.45) is 0 Å². The fourth-order valence-electron chi connectivity index (χ4n) is 4.24. The maximum absolute atomic E-state index is 12.3. The molecule has 2 heterocycles. The first-order chi connectivity index (χ1) is 15.3. The molecule has 0 N–H and O–H groups in total. The molecule has 0 spiro atoms. The highest BCUT2D eigenvalue weighted by molar-refractivity contribution is 7.14. The van der Waals surface area contributed by atoms with E-state index in [-0.39, 0.29) is 12.2 Å². The van der Waals surface area contributed by atoms with Crippen LogP contribution in [0.5, 0.6) is 11.5 Å². The predicted octanol–water partition coefficient (Wildman–Crippen LogP) is 5.65. The van der Waals surface area contributed by atoms with Crippen LogP contribution in [0.15, 0.2) is 18.2 Å². The van der Waals surface area contributed by atoms with Crippen molar-refractivity contribution in [1.82, 2.24) is 15.1 Å². The number of benzene rings is 1. The van der Waals surface area contributed by atoms with Crippen LogP contribution in [0.2, 0.25) is 0 Å². The number of ether oxygens (including phenoxy) is 3. The lowest BCUT2D eigenvalue weighted by molar-refractivity contribution is 0.0204. The summed E-state index contributed by atoms with van der Waals surface area (Å²) in [5, 5.41) is 10.9. The van der Waals surface area contributed by atoms with E-state index < -0.39 is 5.60 Å². The maximum atomic E-state index is 12.3. The lowest BCUT2D eigenvalue weighted by Gasteiger charge is -2.32. The van der Waals surface area contributed by atoms with Crippen molar-refractivity contribution in [3.63, 3.8) is 0 Å². The first-order valence-electron chi connectivity index (χ1n) is 11.5. The van der Waals surface area contributed by atoms with Gasteiger partial charge in [0.2, 0.25) is 0 Å². The number of carbonyl (C=O) groups excluding carboxylic acids is 1. The zero-order chi connectivity index (χ0) is 22.7. The molecule has 2 aliphatic rings. The van der Waals surface area contributed by atoms with Crippen LogP contribution in [0.3, 0.4) is 0 Å². The zero-order valence-corrected chi connectivity index (χ0v) is 20.2. The molecular weight excluding hydrogens is 426 g/mol. The second-order valence-corrected chi connectivity index (χ2v) is 10.6. The topological polar surface area (TPSA) is 73.8 Å². The van der Waals surface area contributed by atoms with Gasteiger partial charge in [0.15, 0.2) is 11.5 Å². The van der Waals surface area contributed by atoms with E-state index in [0.717, 1.165) is 52.8 Å². The van der Waals surface area contributed by atoms with E-state index >= 15 is 0 Å². The smallest absolute Gasteiger partial charge is 0.410 e. The van der Waals surface area contributed by atoms with E-state index in [1.54, 1.807) is 23.3 Å². The third kappa shape index (κ3) is 5.52. The molecule has 0 atom stereocenters. The fraction of sp³-hybridized carbons (Fsp3) is 0.625. The molecule has 174 valence electrons. The van der Waals surface area contributed by atoms with E-state index in [2.05, 4.69) is 10.2 Å². The van der Waals surface area contributed by atoms with Gasteiger partial charge in [-0.25, -0.2) is 4.79 Å². The molecule has 0 radical (unpaired) electrons. The Balaban J connectivity index is 1.41. The Labute approximate surface area is 194 Å². The number of amides is 1. The van der Waals surface area contributed by atoms with Gasteiger partial charge in [0, 0.05) is 24.6 Å². The molecule has 1 aliphatic carbocycles. The molecule has 1 saturated carbocycles. The number of likely N-dealkylation sites (tertiary alicyclic amines) is 1. The van der Waals surface area contributed by atoms with Crippen molar-refractivity contribution in [2.45, 2.75) is 76.9 Å². The van der Waals surface area contributed by atoms with Crippen LogP contribution in [0.1, 0.15) is 70.2 Å². The van der Waals surface area contributed by atoms with Crippen molar-refractivity contribution in [1.29, 1.82) is 0 Å². The molecule has 1 saturated heterocycles. The van der Waals surface area contributed by atoms with Crippen LogP contribution < -0.4 is 9.47 Å². The molecule has 2 aromatic rings. The van der Waals surface area contributed by atoms with Gasteiger partial charge in [0.05, 0.1) is 13.2 Å².